The molecule has 178 valence electrons. The molecule has 0 bridgehead atoms. The van der Waals surface area contributed by atoms with Crippen LogP contribution in [0.25, 0.3) is 6.08 Å². The molecule has 0 aromatic heterocycles. The minimum Gasteiger partial charge on any atom is -0.493 e. The molecule has 1 fully saturated rings. The Morgan fingerprint density at radius 2 is 1.51 bits per heavy atom. The zero-order chi connectivity index (χ0) is 25.1. The Kier molecular flexibility index (Phi) is 7.73. The first-order valence-corrected chi connectivity index (χ1v) is 12.6. The molecule has 0 unspecified atom stereocenters. The maximum absolute atomic E-state index is 13.1. The molecule has 0 saturated carbocycles. The monoisotopic (exact) mass is 662 g/mol. The van der Waals surface area contributed by atoms with Gasteiger partial charge in [0.25, 0.3) is 11.8 Å². The number of imide groups is 2. The standard InChI is InChI=1S/C25H17Br3N2O5/c1-34-21-11-15(20(28)12-22(21)35-13-14-2-4-16(26)5-3-14)10-19-23(31)29-25(33)30(24(19)32)18-8-6-17(27)7-9-18/h2-12H,13H2,1H3,(H,29,31,33)/b19-10+. The molecule has 0 atom stereocenters. The summed E-state index contributed by atoms with van der Waals surface area (Å²) in [4.78, 5) is 39.0. The van der Waals surface area contributed by atoms with Crippen molar-refractivity contribution in [2.75, 3.05) is 12.0 Å². The number of benzene rings is 3. The Morgan fingerprint density at radius 1 is 0.886 bits per heavy atom. The molecule has 1 aliphatic rings. The number of methoxy groups -OCH3 is 1. The van der Waals surface area contributed by atoms with E-state index in [4.69, 9.17) is 9.47 Å². The van der Waals surface area contributed by atoms with Gasteiger partial charge in [0.2, 0.25) is 0 Å². The number of anilines is 1. The molecule has 4 rings (SSSR count). The minimum atomic E-state index is -0.812. The van der Waals surface area contributed by atoms with Crippen molar-refractivity contribution in [2.24, 2.45) is 0 Å². The predicted molar refractivity (Wildman–Crippen MR) is 142 cm³/mol. The van der Waals surface area contributed by atoms with E-state index in [-0.39, 0.29) is 5.57 Å². The lowest BCUT2D eigenvalue weighted by Crippen LogP contribution is -2.54. The number of halogens is 3. The van der Waals surface area contributed by atoms with Gasteiger partial charge in [0, 0.05) is 13.4 Å². The van der Waals surface area contributed by atoms with Crippen LogP contribution in [0, 0.1) is 0 Å². The Bertz CT molecular complexity index is 1340. The van der Waals surface area contributed by atoms with Crippen molar-refractivity contribution in [3.8, 4) is 11.5 Å². The summed E-state index contributed by atoms with van der Waals surface area (Å²) in [5.41, 5.74) is 1.61. The van der Waals surface area contributed by atoms with Crippen molar-refractivity contribution in [2.45, 2.75) is 6.61 Å². The number of amides is 4. The van der Waals surface area contributed by atoms with Crippen molar-refractivity contribution in [3.63, 3.8) is 0 Å². The Hall–Kier alpha value is -2.95. The average molecular weight is 665 g/mol. The number of nitrogens with one attached hydrogen (secondary N) is 1. The van der Waals surface area contributed by atoms with Crippen LogP contribution in [0.2, 0.25) is 0 Å². The van der Waals surface area contributed by atoms with Gasteiger partial charge in [-0.15, -0.1) is 0 Å². The molecule has 0 spiro atoms. The van der Waals surface area contributed by atoms with Crippen LogP contribution in [-0.2, 0) is 16.2 Å². The third-order valence-electron chi connectivity index (χ3n) is 5.08. The fourth-order valence-corrected chi connectivity index (χ4v) is 4.28. The fourth-order valence-electron chi connectivity index (χ4n) is 3.31. The molecule has 1 saturated heterocycles. The van der Waals surface area contributed by atoms with E-state index in [0.717, 1.165) is 19.4 Å². The van der Waals surface area contributed by atoms with E-state index in [1.165, 1.54) is 13.2 Å². The van der Waals surface area contributed by atoms with Gasteiger partial charge in [-0.25, -0.2) is 9.69 Å². The van der Waals surface area contributed by atoms with E-state index in [1.54, 1.807) is 36.4 Å². The highest BCUT2D eigenvalue weighted by molar-refractivity contribution is 9.11. The maximum Gasteiger partial charge on any atom is 0.335 e. The Balaban J connectivity index is 1.63. The summed E-state index contributed by atoms with van der Waals surface area (Å²) in [6.45, 7) is 0.321. The molecular formula is C25H17Br3N2O5. The van der Waals surface area contributed by atoms with Crippen LogP contribution in [0.1, 0.15) is 11.1 Å². The Labute approximate surface area is 226 Å². The molecule has 0 radical (unpaired) electrons. The first-order chi connectivity index (χ1) is 16.8. The third kappa shape index (κ3) is 5.66. The van der Waals surface area contributed by atoms with Crippen LogP contribution < -0.4 is 19.7 Å². The number of hydrogen-bond acceptors (Lipinski definition) is 5. The topological polar surface area (TPSA) is 84.9 Å². The van der Waals surface area contributed by atoms with E-state index in [2.05, 4.69) is 53.1 Å². The second-order valence-corrected chi connectivity index (χ2v) is 10.1. The van der Waals surface area contributed by atoms with Gasteiger partial charge in [0.05, 0.1) is 12.8 Å². The smallest absolute Gasteiger partial charge is 0.335 e. The normalized spacial score (nSPS) is 14.8. The van der Waals surface area contributed by atoms with Crippen molar-refractivity contribution in [1.82, 2.24) is 5.32 Å². The molecule has 3 aromatic rings. The largest absolute Gasteiger partial charge is 0.493 e. The van der Waals surface area contributed by atoms with Crippen molar-refractivity contribution >= 4 is 77.4 Å². The van der Waals surface area contributed by atoms with Crippen molar-refractivity contribution < 1.29 is 23.9 Å². The highest BCUT2D eigenvalue weighted by Crippen LogP contribution is 2.36. The summed E-state index contributed by atoms with van der Waals surface area (Å²) < 4.78 is 13.7. The number of rotatable bonds is 6. The Morgan fingerprint density at radius 3 is 2.14 bits per heavy atom. The van der Waals surface area contributed by atoms with Crippen LogP contribution in [0.4, 0.5) is 10.5 Å². The summed E-state index contributed by atoms with van der Waals surface area (Å²) in [5.74, 6) is -0.616. The lowest BCUT2D eigenvalue weighted by atomic mass is 10.1. The first kappa shape index (κ1) is 25.2. The van der Waals surface area contributed by atoms with E-state index in [9.17, 15) is 14.4 Å². The third-order valence-corrected chi connectivity index (χ3v) is 6.82. The fraction of sp³-hybridized carbons (Fsp3) is 0.0800. The highest BCUT2D eigenvalue weighted by atomic mass is 79.9. The molecule has 35 heavy (non-hydrogen) atoms. The van der Waals surface area contributed by atoms with E-state index >= 15 is 0 Å². The second kappa shape index (κ2) is 10.8. The number of nitrogens with zero attached hydrogens (tertiary/aromatic N) is 1. The van der Waals surface area contributed by atoms with Gasteiger partial charge in [0.15, 0.2) is 11.5 Å². The molecule has 10 heteroatoms. The number of barbiturate groups is 1. The van der Waals surface area contributed by atoms with E-state index in [1.807, 2.05) is 24.3 Å². The minimum absolute atomic E-state index is 0.196. The first-order valence-electron chi connectivity index (χ1n) is 10.2. The number of urea groups is 1. The molecule has 3 aromatic carbocycles. The lowest BCUT2D eigenvalue weighted by molar-refractivity contribution is -0.122. The van der Waals surface area contributed by atoms with Gasteiger partial charge < -0.3 is 9.47 Å². The van der Waals surface area contributed by atoms with Crippen LogP contribution in [-0.4, -0.2) is 25.0 Å². The molecule has 7 nitrogen and oxygen atoms in total. The quantitative estimate of drug-likeness (QED) is 0.250. The lowest BCUT2D eigenvalue weighted by Gasteiger charge is -2.26. The van der Waals surface area contributed by atoms with Gasteiger partial charge >= 0.3 is 6.03 Å². The van der Waals surface area contributed by atoms with Crippen molar-refractivity contribution in [1.29, 1.82) is 0 Å². The van der Waals surface area contributed by atoms with E-state index < -0.39 is 17.8 Å². The average Bonchev–Trinajstić information content (AvgIpc) is 2.83. The van der Waals surface area contributed by atoms with Crippen LogP contribution in [0.5, 0.6) is 11.5 Å². The van der Waals surface area contributed by atoms with Gasteiger partial charge in [-0.1, -0.05) is 59.9 Å². The van der Waals surface area contributed by atoms with E-state index in [0.29, 0.717) is 33.8 Å². The SMILES string of the molecule is COc1cc(/C=C2\C(=O)NC(=O)N(c3ccc(Br)cc3)C2=O)c(Br)cc1OCc1ccc(Br)cc1. The molecule has 1 aliphatic heterocycles. The number of hydrogen-bond donors (Lipinski definition) is 1. The molecule has 4 amide bonds. The zero-order valence-corrected chi connectivity index (χ0v) is 22.9. The number of ether oxygens (including phenoxy) is 2. The van der Waals surface area contributed by atoms with Gasteiger partial charge in [-0.3, -0.25) is 14.9 Å². The van der Waals surface area contributed by atoms with Crippen LogP contribution >= 0.6 is 47.8 Å². The molecule has 1 N–H and O–H groups in total. The second-order valence-electron chi connectivity index (χ2n) is 7.37. The molecular weight excluding hydrogens is 648 g/mol. The molecule has 1 heterocycles. The van der Waals surface area contributed by atoms with Crippen LogP contribution in [0.15, 0.2) is 79.7 Å². The van der Waals surface area contributed by atoms with Gasteiger partial charge in [-0.05, 0) is 65.7 Å². The van der Waals surface area contributed by atoms with Crippen LogP contribution in [0.3, 0.4) is 0 Å². The summed E-state index contributed by atoms with van der Waals surface area (Å²) in [6.07, 6.45) is 1.40. The van der Waals surface area contributed by atoms with Gasteiger partial charge in [-0.2, -0.15) is 0 Å². The zero-order valence-electron chi connectivity index (χ0n) is 18.2. The van der Waals surface area contributed by atoms with Crippen molar-refractivity contribution in [3.05, 3.63) is 90.8 Å². The summed E-state index contributed by atoms with van der Waals surface area (Å²) >= 11 is 10.2. The summed E-state index contributed by atoms with van der Waals surface area (Å²) in [5, 5.41) is 2.22. The molecule has 0 aliphatic carbocycles. The summed E-state index contributed by atoms with van der Waals surface area (Å²) in [6, 6.07) is 16.9. The number of carbonyl (C=O) groups excluding carboxylic acids is 3. The predicted octanol–water partition coefficient (Wildman–Crippen LogP) is 6.23. The highest BCUT2D eigenvalue weighted by Gasteiger charge is 2.37. The number of carbonyl (C=O) groups is 3. The summed E-state index contributed by atoms with van der Waals surface area (Å²) in [7, 11) is 1.50. The van der Waals surface area contributed by atoms with Gasteiger partial charge in [0.1, 0.15) is 12.2 Å². The maximum atomic E-state index is 13.1.